The number of amides is 6. The quantitative estimate of drug-likeness (QED) is 0.133. The number of likely N-dealkylation sites (tertiary alicyclic amines) is 2. The molecule has 7 rings (SSSR count). The zero-order valence-corrected chi connectivity index (χ0v) is 38.1. The Balaban J connectivity index is 1.08. The lowest BCUT2D eigenvalue weighted by Gasteiger charge is -2.32. The van der Waals surface area contributed by atoms with Crippen LogP contribution in [0, 0.1) is 11.8 Å². The van der Waals surface area contributed by atoms with Crippen LogP contribution in [0.2, 0.25) is 0 Å². The summed E-state index contributed by atoms with van der Waals surface area (Å²) >= 11 is 0. The van der Waals surface area contributed by atoms with E-state index in [1.165, 1.54) is 11.1 Å². The number of nitrogens with zero attached hydrogens (tertiary/aromatic N) is 2. The van der Waals surface area contributed by atoms with E-state index in [4.69, 9.17) is 0 Å². The van der Waals surface area contributed by atoms with Crippen LogP contribution in [0.1, 0.15) is 123 Å². The Kier molecular flexibility index (Phi) is 15.7. The van der Waals surface area contributed by atoms with Gasteiger partial charge in [-0.25, -0.2) is 0 Å². The standard InChI is InChI=1S/C51H64N8O6/c1-32(52-3)46(60)56-42(50(64)58-29-13-27-43(58)48(62)54-40-24-11-19-35-17-5-7-22-38(35)40)26-10-16-34-15-9-21-37(31-34)45(57-47(61)33(2)53-4)51(65)59-30-14-28-44(59)49(63)55-41-25-12-20-36-18-6-8-23-39(36)41/h5-9,15,17-18,21-23,31-33,40-45,52-53H,11-14,19-20,24-30H2,1-4H3,(H,54,62)(H,55,63)(H,56,60)(H,57,61). The Bertz CT molecular complexity index is 2310. The highest BCUT2D eigenvalue weighted by Gasteiger charge is 2.41. The van der Waals surface area contributed by atoms with Crippen molar-refractivity contribution in [3.8, 4) is 11.8 Å². The number of fused-ring (bicyclic) bond motifs is 2. The number of carbonyl (C=O) groups is 6. The molecule has 3 aromatic rings. The molecular weight excluding hydrogens is 821 g/mol. The van der Waals surface area contributed by atoms with Crippen LogP contribution in [0.4, 0.5) is 0 Å². The summed E-state index contributed by atoms with van der Waals surface area (Å²) < 4.78 is 0. The van der Waals surface area contributed by atoms with Gasteiger partial charge in [-0.3, -0.25) is 28.8 Å². The summed E-state index contributed by atoms with van der Waals surface area (Å²) in [6, 6.07) is 18.3. The molecule has 2 aliphatic carbocycles. The molecule has 344 valence electrons. The van der Waals surface area contributed by atoms with Crippen molar-refractivity contribution in [3.05, 3.63) is 106 Å². The first-order valence-electron chi connectivity index (χ1n) is 23.4. The third kappa shape index (κ3) is 11.1. The Morgan fingerprint density at radius 2 is 1.15 bits per heavy atom. The topological polar surface area (TPSA) is 181 Å². The van der Waals surface area contributed by atoms with Crippen molar-refractivity contribution >= 4 is 35.4 Å². The van der Waals surface area contributed by atoms with Crippen molar-refractivity contribution < 1.29 is 28.8 Å². The number of nitrogens with one attached hydrogen (secondary N) is 6. The van der Waals surface area contributed by atoms with Crippen LogP contribution >= 0.6 is 0 Å². The number of aryl methyl sites for hydroxylation is 2. The number of benzene rings is 3. The largest absolute Gasteiger partial charge is 0.347 e. The van der Waals surface area contributed by atoms with Crippen LogP contribution in [0.15, 0.2) is 72.8 Å². The summed E-state index contributed by atoms with van der Waals surface area (Å²) in [6.45, 7) is 4.14. The molecule has 2 heterocycles. The Morgan fingerprint density at radius 3 is 1.71 bits per heavy atom. The summed E-state index contributed by atoms with van der Waals surface area (Å²) in [5.74, 6) is 4.28. The third-order valence-corrected chi connectivity index (χ3v) is 13.6. The van der Waals surface area contributed by atoms with Gasteiger partial charge in [0.05, 0.1) is 24.2 Å². The van der Waals surface area contributed by atoms with Crippen LogP contribution in [0.5, 0.6) is 0 Å². The highest BCUT2D eigenvalue weighted by atomic mass is 16.2. The maximum atomic E-state index is 14.6. The summed E-state index contributed by atoms with van der Waals surface area (Å²) in [6.07, 6.45) is 7.77. The lowest BCUT2D eigenvalue weighted by Crippen LogP contribution is -2.55. The zero-order chi connectivity index (χ0) is 46.0. The second-order valence-electron chi connectivity index (χ2n) is 17.8. The van der Waals surface area contributed by atoms with Gasteiger partial charge in [-0.1, -0.05) is 72.5 Å². The van der Waals surface area contributed by atoms with Crippen LogP contribution in [0.3, 0.4) is 0 Å². The molecule has 0 bridgehead atoms. The normalized spacial score (nSPS) is 21.8. The number of likely N-dealkylation sites (N-methyl/N-ethyl adjacent to an activating group) is 2. The molecule has 14 nitrogen and oxygen atoms in total. The monoisotopic (exact) mass is 884 g/mol. The molecular formula is C51H64N8O6. The van der Waals surface area contributed by atoms with Gasteiger partial charge in [-0.15, -0.1) is 0 Å². The van der Waals surface area contributed by atoms with Gasteiger partial charge >= 0.3 is 0 Å². The van der Waals surface area contributed by atoms with E-state index in [0.717, 1.165) is 49.7 Å². The smallest absolute Gasteiger partial charge is 0.250 e. The van der Waals surface area contributed by atoms with Gasteiger partial charge in [0.15, 0.2) is 0 Å². The predicted octanol–water partition coefficient (Wildman–Crippen LogP) is 3.66. The summed E-state index contributed by atoms with van der Waals surface area (Å²) in [5.41, 5.74) is 5.69. The number of carbonyl (C=O) groups excluding carboxylic acids is 6. The molecule has 2 fully saturated rings. The third-order valence-electron chi connectivity index (χ3n) is 13.6. The molecule has 2 saturated heterocycles. The average Bonchev–Trinajstić information content (AvgIpc) is 4.04. The second-order valence-corrected chi connectivity index (χ2v) is 17.8. The molecule has 8 unspecified atom stereocenters. The molecule has 0 spiro atoms. The minimum atomic E-state index is -1.11. The fraction of sp³-hybridized carbons (Fsp3) is 0.490. The first kappa shape index (κ1) is 46.9. The van der Waals surface area contributed by atoms with Gasteiger partial charge in [0.1, 0.15) is 24.2 Å². The molecule has 3 aromatic carbocycles. The maximum Gasteiger partial charge on any atom is 0.250 e. The van der Waals surface area contributed by atoms with Crippen molar-refractivity contribution in [2.24, 2.45) is 0 Å². The van der Waals surface area contributed by atoms with Crippen LogP contribution in [-0.2, 0) is 41.6 Å². The van der Waals surface area contributed by atoms with Gasteiger partial charge in [0.25, 0.3) is 0 Å². The van der Waals surface area contributed by atoms with Crippen LogP contribution in [-0.4, -0.2) is 103 Å². The van der Waals surface area contributed by atoms with E-state index in [1.807, 2.05) is 24.3 Å². The molecule has 0 saturated carbocycles. The van der Waals surface area contributed by atoms with E-state index in [2.05, 4.69) is 68.0 Å². The first-order chi connectivity index (χ1) is 31.5. The van der Waals surface area contributed by atoms with E-state index in [1.54, 1.807) is 62.0 Å². The minimum absolute atomic E-state index is 0.0408. The van der Waals surface area contributed by atoms with Crippen molar-refractivity contribution in [1.82, 2.24) is 41.7 Å². The maximum absolute atomic E-state index is 14.6. The van der Waals surface area contributed by atoms with Gasteiger partial charge in [-0.2, -0.15) is 0 Å². The van der Waals surface area contributed by atoms with Gasteiger partial charge in [0.2, 0.25) is 35.4 Å². The summed E-state index contributed by atoms with van der Waals surface area (Å²) in [7, 11) is 3.32. The molecule has 0 radical (unpaired) electrons. The highest BCUT2D eigenvalue weighted by Crippen LogP contribution is 2.32. The van der Waals surface area contributed by atoms with Crippen molar-refractivity contribution in [3.63, 3.8) is 0 Å². The van der Waals surface area contributed by atoms with Crippen molar-refractivity contribution in [2.45, 2.75) is 133 Å². The Labute approximate surface area is 382 Å². The molecule has 65 heavy (non-hydrogen) atoms. The predicted molar refractivity (Wildman–Crippen MR) is 248 cm³/mol. The number of hydrogen-bond donors (Lipinski definition) is 6. The van der Waals surface area contributed by atoms with Crippen LogP contribution in [0.25, 0.3) is 0 Å². The van der Waals surface area contributed by atoms with E-state index in [0.29, 0.717) is 49.9 Å². The van der Waals surface area contributed by atoms with E-state index >= 15 is 0 Å². The van der Waals surface area contributed by atoms with Crippen molar-refractivity contribution in [1.29, 1.82) is 0 Å². The van der Waals surface area contributed by atoms with E-state index in [9.17, 15) is 28.8 Å². The van der Waals surface area contributed by atoms with Crippen molar-refractivity contribution in [2.75, 3.05) is 27.2 Å². The Morgan fingerprint density at radius 1 is 0.631 bits per heavy atom. The molecule has 2 aliphatic heterocycles. The van der Waals surface area contributed by atoms with Gasteiger partial charge in [0, 0.05) is 25.1 Å². The Hall–Kier alpha value is -6.04. The second kappa shape index (κ2) is 21.8. The zero-order valence-electron chi connectivity index (χ0n) is 38.1. The fourth-order valence-electron chi connectivity index (χ4n) is 9.68. The molecule has 8 atom stereocenters. The molecule has 4 aliphatic rings. The van der Waals surface area contributed by atoms with Gasteiger partial charge < -0.3 is 41.7 Å². The lowest BCUT2D eigenvalue weighted by molar-refractivity contribution is -0.142. The van der Waals surface area contributed by atoms with Crippen LogP contribution < -0.4 is 31.9 Å². The molecule has 6 amide bonds. The summed E-state index contributed by atoms with van der Waals surface area (Å²) in [5, 5.41) is 18.1. The van der Waals surface area contributed by atoms with E-state index < -0.39 is 42.2 Å². The number of hydrogen-bond acceptors (Lipinski definition) is 8. The highest BCUT2D eigenvalue weighted by molar-refractivity contribution is 5.95. The number of rotatable bonds is 14. The summed E-state index contributed by atoms with van der Waals surface area (Å²) in [4.78, 5) is 86.5. The molecule has 6 N–H and O–H groups in total. The van der Waals surface area contributed by atoms with E-state index in [-0.39, 0.29) is 48.0 Å². The molecule has 14 heteroatoms. The lowest BCUT2D eigenvalue weighted by atomic mass is 9.87. The average molecular weight is 885 g/mol. The minimum Gasteiger partial charge on any atom is -0.347 e. The van der Waals surface area contributed by atoms with Gasteiger partial charge in [-0.05, 0) is 132 Å². The fourth-order valence-corrected chi connectivity index (χ4v) is 9.68. The molecule has 0 aromatic heterocycles. The SMILES string of the molecule is CNC(C)C(=O)NC(CC#Cc1cccc(C(NC(=O)C(C)NC)C(=O)N2CCCC2C(=O)NC2CCCc3ccccc32)c1)C(=O)N1CCCC1C(=O)NC1CCCc2ccccc21. The first-order valence-corrected chi connectivity index (χ1v) is 23.4.